The summed E-state index contributed by atoms with van der Waals surface area (Å²) in [6.45, 7) is 8.09. The first-order valence-electron chi connectivity index (χ1n) is 7.88. The number of rotatable bonds is 4. The number of hydrogen-bond acceptors (Lipinski definition) is 3. The minimum absolute atomic E-state index is 0.0694. The molecule has 0 spiro atoms. The van der Waals surface area contributed by atoms with E-state index in [4.69, 9.17) is 10.00 Å². The third-order valence-electron chi connectivity index (χ3n) is 3.70. The Bertz CT molecular complexity index is 752. The minimum atomic E-state index is -0.707. The molecule has 0 bridgehead atoms. The van der Waals surface area contributed by atoms with E-state index in [2.05, 4.69) is 32.2 Å². The second-order valence-corrected chi connectivity index (χ2v) is 6.68. The summed E-state index contributed by atoms with van der Waals surface area (Å²) in [4.78, 5) is 12.3. The van der Waals surface area contributed by atoms with Gasteiger partial charge >= 0.3 is 0 Å². The molecule has 1 N–H and O–H groups in total. The van der Waals surface area contributed by atoms with Crippen molar-refractivity contribution in [2.75, 3.05) is 5.32 Å². The maximum absolute atomic E-state index is 12.3. The van der Waals surface area contributed by atoms with Gasteiger partial charge in [-0.3, -0.25) is 4.79 Å². The van der Waals surface area contributed by atoms with Gasteiger partial charge in [0, 0.05) is 5.69 Å². The first-order chi connectivity index (χ1) is 11.3. The predicted molar refractivity (Wildman–Crippen MR) is 95.0 cm³/mol. The predicted octanol–water partition coefficient (Wildman–Crippen LogP) is 4.26. The Labute approximate surface area is 143 Å². The lowest BCUT2D eigenvalue weighted by atomic mass is 9.87. The van der Waals surface area contributed by atoms with E-state index in [1.54, 1.807) is 31.2 Å². The summed E-state index contributed by atoms with van der Waals surface area (Å²) in [5.41, 5.74) is 2.40. The van der Waals surface area contributed by atoms with Gasteiger partial charge in [-0.25, -0.2) is 0 Å². The van der Waals surface area contributed by atoms with E-state index < -0.39 is 6.10 Å². The van der Waals surface area contributed by atoms with Crippen molar-refractivity contribution in [1.82, 2.24) is 0 Å². The summed E-state index contributed by atoms with van der Waals surface area (Å²) >= 11 is 0. The zero-order valence-corrected chi connectivity index (χ0v) is 14.5. The Morgan fingerprint density at radius 1 is 1.12 bits per heavy atom. The van der Waals surface area contributed by atoms with Crippen LogP contribution >= 0.6 is 0 Å². The third-order valence-corrected chi connectivity index (χ3v) is 3.70. The van der Waals surface area contributed by atoms with Gasteiger partial charge in [0.15, 0.2) is 6.10 Å². The highest BCUT2D eigenvalue weighted by Crippen LogP contribution is 2.24. The van der Waals surface area contributed by atoms with Gasteiger partial charge in [0.05, 0.1) is 5.56 Å². The van der Waals surface area contributed by atoms with Crippen LogP contribution in [-0.4, -0.2) is 12.0 Å². The molecule has 24 heavy (non-hydrogen) atoms. The van der Waals surface area contributed by atoms with E-state index >= 15 is 0 Å². The van der Waals surface area contributed by atoms with Gasteiger partial charge in [0.2, 0.25) is 0 Å². The molecule has 0 heterocycles. The van der Waals surface area contributed by atoms with Gasteiger partial charge in [-0.2, -0.15) is 5.26 Å². The monoisotopic (exact) mass is 322 g/mol. The lowest BCUT2D eigenvalue weighted by Gasteiger charge is -2.20. The average molecular weight is 322 g/mol. The molecule has 0 aromatic heterocycles. The molecular formula is C20H22N2O2. The average Bonchev–Trinajstić information content (AvgIpc) is 2.55. The fourth-order valence-electron chi connectivity index (χ4n) is 2.20. The molecular weight excluding hydrogens is 300 g/mol. The molecule has 2 aromatic carbocycles. The van der Waals surface area contributed by atoms with Gasteiger partial charge < -0.3 is 10.1 Å². The van der Waals surface area contributed by atoms with Gasteiger partial charge in [0.25, 0.3) is 5.91 Å². The molecule has 4 heteroatoms. The molecule has 0 radical (unpaired) electrons. The van der Waals surface area contributed by atoms with Crippen LogP contribution in [0.1, 0.15) is 38.8 Å². The highest BCUT2D eigenvalue weighted by Gasteiger charge is 2.17. The molecule has 0 fully saturated rings. The fraction of sp³-hybridized carbons (Fsp3) is 0.300. The maximum atomic E-state index is 12.3. The lowest BCUT2D eigenvalue weighted by molar-refractivity contribution is -0.122. The van der Waals surface area contributed by atoms with Crippen molar-refractivity contribution in [3.05, 3.63) is 59.7 Å². The van der Waals surface area contributed by atoms with Gasteiger partial charge in [-0.05, 0) is 42.2 Å². The van der Waals surface area contributed by atoms with Crippen molar-refractivity contribution in [3.63, 3.8) is 0 Å². The summed E-state index contributed by atoms with van der Waals surface area (Å²) < 4.78 is 5.61. The van der Waals surface area contributed by atoms with Crippen LogP contribution in [0.2, 0.25) is 0 Å². The van der Waals surface area contributed by atoms with E-state index in [1.165, 1.54) is 5.56 Å². The van der Waals surface area contributed by atoms with Crippen LogP contribution in [0.3, 0.4) is 0 Å². The molecule has 1 amide bonds. The second-order valence-electron chi connectivity index (χ2n) is 6.68. The maximum Gasteiger partial charge on any atom is 0.265 e. The molecule has 1 unspecified atom stereocenters. The molecule has 0 saturated heterocycles. The number of nitrogens with zero attached hydrogens (tertiary/aromatic N) is 1. The quantitative estimate of drug-likeness (QED) is 0.914. The minimum Gasteiger partial charge on any atom is -0.480 e. The number of amides is 1. The number of benzene rings is 2. The topological polar surface area (TPSA) is 62.1 Å². The van der Waals surface area contributed by atoms with Crippen LogP contribution in [-0.2, 0) is 10.2 Å². The molecule has 2 rings (SSSR count). The molecule has 1 atom stereocenters. The zero-order valence-electron chi connectivity index (χ0n) is 14.5. The Balaban J connectivity index is 2.03. The highest BCUT2D eigenvalue weighted by atomic mass is 16.5. The summed E-state index contributed by atoms with van der Waals surface area (Å²) in [6.07, 6.45) is -0.707. The molecule has 124 valence electrons. The first-order valence-corrected chi connectivity index (χ1v) is 7.88. The Hall–Kier alpha value is -2.80. The van der Waals surface area contributed by atoms with Crippen molar-refractivity contribution < 1.29 is 9.53 Å². The zero-order chi connectivity index (χ0) is 17.7. The normalized spacial score (nSPS) is 12.1. The number of nitriles is 1. The summed E-state index contributed by atoms with van der Waals surface area (Å²) in [7, 11) is 0. The summed E-state index contributed by atoms with van der Waals surface area (Å²) in [6, 6.07) is 16.7. The molecule has 0 aliphatic rings. The number of ether oxygens (including phenoxy) is 1. The van der Waals surface area contributed by atoms with E-state index in [0.717, 1.165) is 5.69 Å². The van der Waals surface area contributed by atoms with E-state index in [9.17, 15) is 4.79 Å². The van der Waals surface area contributed by atoms with Gasteiger partial charge in [-0.1, -0.05) is 45.0 Å². The molecule has 0 aliphatic carbocycles. The van der Waals surface area contributed by atoms with Crippen molar-refractivity contribution in [1.29, 1.82) is 5.26 Å². The van der Waals surface area contributed by atoms with E-state index in [0.29, 0.717) is 11.3 Å². The lowest BCUT2D eigenvalue weighted by Crippen LogP contribution is -2.30. The number of hydrogen-bond donors (Lipinski definition) is 1. The van der Waals surface area contributed by atoms with Crippen molar-refractivity contribution in [2.24, 2.45) is 0 Å². The Kier molecular flexibility index (Phi) is 5.25. The number of carbonyl (C=O) groups is 1. The molecule has 2 aromatic rings. The van der Waals surface area contributed by atoms with E-state index in [1.807, 2.05) is 24.3 Å². The Morgan fingerprint density at radius 3 is 2.33 bits per heavy atom. The van der Waals surface area contributed by atoms with Crippen molar-refractivity contribution in [3.8, 4) is 11.8 Å². The Morgan fingerprint density at radius 2 is 1.75 bits per heavy atom. The third kappa shape index (κ3) is 4.36. The van der Waals surface area contributed by atoms with Crippen LogP contribution in [0.4, 0.5) is 5.69 Å². The second kappa shape index (κ2) is 7.18. The number of anilines is 1. The van der Waals surface area contributed by atoms with E-state index in [-0.39, 0.29) is 11.3 Å². The van der Waals surface area contributed by atoms with Crippen LogP contribution in [0.5, 0.6) is 5.75 Å². The number of carbonyl (C=O) groups excluding carboxylic acids is 1. The standard InChI is InChI=1S/C20H22N2O2/c1-14(24-18-8-6-5-7-15(18)13-21)19(23)22-17-11-9-16(10-12-17)20(2,3)4/h5-12,14H,1-4H3,(H,22,23). The van der Waals surface area contributed by atoms with Crippen molar-refractivity contribution in [2.45, 2.75) is 39.2 Å². The van der Waals surface area contributed by atoms with Crippen LogP contribution < -0.4 is 10.1 Å². The molecule has 0 saturated carbocycles. The molecule has 4 nitrogen and oxygen atoms in total. The number of nitrogens with one attached hydrogen (secondary N) is 1. The van der Waals surface area contributed by atoms with Crippen molar-refractivity contribution >= 4 is 11.6 Å². The fourth-order valence-corrected chi connectivity index (χ4v) is 2.20. The van der Waals surface area contributed by atoms with Crippen LogP contribution in [0.25, 0.3) is 0 Å². The molecule has 0 aliphatic heterocycles. The SMILES string of the molecule is CC(Oc1ccccc1C#N)C(=O)Nc1ccc(C(C)(C)C)cc1. The van der Waals surface area contributed by atoms with Gasteiger partial charge in [0.1, 0.15) is 11.8 Å². The van der Waals surface area contributed by atoms with Gasteiger partial charge in [-0.15, -0.1) is 0 Å². The number of para-hydroxylation sites is 1. The highest BCUT2D eigenvalue weighted by molar-refractivity contribution is 5.94. The first kappa shape index (κ1) is 17.6. The summed E-state index contributed by atoms with van der Waals surface area (Å²) in [5, 5.41) is 11.9. The largest absolute Gasteiger partial charge is 0.480 e. The van der Waals surface area contributed by atoms with Crippen LogP contribution in [0, 0.1) is 11.3 Å². The smallest absolute Gasteiger partial charge is 0.265 e. The van der Waals surface area contributed by atoms with Crippen LogP contribution in [0.15, 0.2) is 48.5 Å². The summed E-state index contributed by atoms with van der Waals surface area (Å²) in [5.74, 6) is 0.150.